The molecule has 0 bridgehead atoms. The second kappa shape index (κ2) is 13.1. The zero-order chi connectivity index (χ0) is 30.6. The minimum atomic E-state index is 0.420. The molecular formula is C43H37NS. The molecule has 220 valence electrons. The SMILES string of the molecule is C=N/C(=C\Cc1ccccc1)c1cccc(C2CC=CC3Sc4c(c5ccccc5c5ccccc45)C32)c1.Cc1ccccc1. The Hall–Kier alpha value is -4.66. The largest absolute Gasteiger partial charge is 0.264 e. The van der Waals surface area contributed by atoms with Gasteiger partial charge in [-0.25, -0.2) is 0 Å². The van der Waals surface area contributed by atoms with Gasteiger partial charge in [-0.3, -0.25) is 4.99 Å². The van der Waals surface area contributed by atoms with Crippen LogP contribution in [0.1, 0.15) is 46.1 Å². The maximum atomic E-state index is 4.43. The predicted molar refractivity (Wildman–Crippen MR) is 196 cm³/mol. The number of thioether (sulfide) groups is 1. The van der Waals surface area contributed by atoms with Gasteiger partial charge in [0.05, 0.1) is 5.70 Å². The van der Waals surface area contributed by atoms with Gasteiger partial charge in [0.15, 0.2) is 0 Å². The van der Waals surface area contributed by atoms with E-state index in [1.165, 1.54) is 48.7 Å². The topological polar surface area (TPSA) is 12.4 Å². The van der Waals surface area contributed by atoms with Crippen LogP contribution in [0.5, 0.6) is 0 Å². The second-order valence-electron chi connectivity index (χ2n) is 11.9. The third-order valence-corrected chi connectivity index (χ3v) is 10.5. The molecule has 6 aromatic rings. The normalized spacial score (nSPS) is 18.6. The van der Waals surface area contributed by atoms with Gasteiger partial charge in [0.25, 0.3) is 0 Å². The summed E-state index contributed by atoms with van der Waals surface area (Å²) in [7, 11) is 0. The summed E-state index contributed by atoms with van der Waals surface area (Å²) in [5.41, 5.74) is 7.63. The van der Waals surface area contributed by atoms with Crippen LogP contribution in [-0.4, -0.2) is 12.0 Å². The van der Waals surface area contributed by atoms with Gasteiger partial charge in [-0.15, -0.1) is 11.8 Å². The van der Waals surface area contributed by atoms with Crippen molar-refractivity contribution < 1.29 is 0 Å². The van der Waals surface area contributed by atoms with Crippen molar-refractivity contribution in [2.24, 2.45) is 4.99 Å². The second-order valence-corrected chi connectivity index (χ2v) is 13.1. The zero-order valence-corrected chi connectivity index (χ0v) is 26.5. The number of aliphatic imine (C=N–C) groups is 1. The van der Waals surface area contributed by atoms with Crippen molar-refractivity contribution in [2.75, 3.05) is 0 Å². The monoisotopic (exact) mass is 599 g/mol. The molecule has 45 heavy (non-hydrogen) atoms. The van der Waals surface area contributed by atoms with Crippen LogP contribution < -0.4 is 0 Å². The molecule has 8 rings (SSSR count). The van der Waals surface area contributed by atoms with E-state index >= 15 is 0 Å². The van der Waals surface area contributed by atoms with E-state index < -0.39 is 0 Å². The molecule has 1 aliphatic heterocycles. The minimum Gasteiger partial charge on any atom is -0.264 e. The van der Waals surface area contributed by atoms with Gasteiger partial charge in [-0.1, -0.05) is 151 Å². The summed E-state index contributed by atoms with van der Waals surface area (Å²) in [5, 5.41) is 5.98. The Bertz CT molecular complexity index is 2020. The van der Waals surface area contributed by atoms with Gasteiger partial charge in [-0.05, 0) is 76.7 Å². The van der Waals surface area contributed by atoms with Crippen LogP contribution in [0.15, 0.2) is 162 Å². The lowest BCUT2D eigenvalue weighted by atomic mass is 9.73. The van der Waals surface area contributed by atoms with Crippen molar-refractivity contribution >= 4 is 45.7 Å². The summed E-state index contributed by atoms with van der Waals surface area (Å²) in [6.07, 6.45) is 8.95. The lowest BCUT2D eigenvalue weighted by Gasteiger charge is -2.31. The molecule has 0 N–H and O–H groups in total. The summed E-state index contributed by atoms with van der Waals surface area (Å²) in [5.74, 6) is 0.863. The summed E-state index contributed by atoms with van der Waals surface area (Å²) >= 11 is 2.06. The van der Waals surface area contributed by atoms with E-state index in [1.54, 1.807) is 0 Å². The average molecular weight is 600 g/mol. The number of benzene rings is 6. The number of nitrogens with zero attached hydrogens (tertiary/aromatic N) is 1. The van der Waals surface area contributed by atoms with E-state index in [1.807, 2.05) is 18.2 Å². The lowest BCUT2D eigenvalue weighted by molar-refractivity contribution is 0.543. The van der Waals surface area contributed by atoms with Crippen LogP contribution in [0.4, 0.5) is 0 Å². The van der Waals surface area contributed by atoms with E-state index in [9.17, 15) is 0 Å². The summed E-state index contributed by atoms with van der Waals surface area (Å²) < 4.78 is 0. The standard InChI is InChI=1S/C36H29NS.C7H8/c1-37-32(22-21-24-11-3-2-4-12-24)26-14-9-13-25(23-26)27-19-10-20-33-34(27)35-30-17-7-5-15-28(30)29-16-6-8-18-31(29)36(35)38-33;1-7-5-3-2-4-6-7/h2-18,20,22-23,27,33-34H,1,19,21H2;2-6H,1H3/b32-22-;. The summed E-state index contributed by atoms with van der Waals surface area (Å²) in [6, 6.07) is 47.8. The molecule has 1 heterocycles. The first kappa shape index (κ1) is 29.1. The molecule has 0 saturated carbocycles. The van der Waals surface area contributed by atoms with E-state index in [0.29, 0.717) is 17.1 Å². The van der Waals surface area contributed by atoms with Crippen molar-refractivity contribution in [3.8, 4) is 0 Å². The highest BCUT2D eigenvalue weighted by molar-refractivity contribution is 8.00. The van der Waals surface area contributed by atoms with Crippen LogP contribution in [0, 0.1) is 6.92 Å². The van der Waals surface area contributed by atoms with Crippen molar-refractivity contribution in [1.29, 1.82) is 0 Å². The molecule has 0 fully saturated rings. The lowest BCUT2D eigenvalue weighted by Crippen LogP contribution is -2.20. The molecule has 3 unspecified atom stereocenters. The van der Waals surface area contributed by atoms with Gasteiger partial charge in [0.2, 0.25) is 0 Å². The molecule has 2 heteroatoms. The van der Waals surface area contributed by atoms with Gasteiger partial charge in [0, 0.05) is 21.6 Å². The number of fused-ring (bicyclic) bond motifs is 8. The number of aryl methyl sites for hydroxylation is 1. The maximum Gasteiger partial charge on any atom is 0.0658 e. The number of hydrogen-bond donors (Lipinski definition) is 0. The fourth-order valence-corrected chi connectivity index (χ4v) is 8.58. The molecule has 1 nitrogen and oxygen atoms in total. The summed E-state index contributed by atoms with van der Waals surface area (Å²) in [6.45, 7) is 5.99. The Labute approximate surface area is 271 Å². The third-order valence-electron chi connectivity index (χ3n) is 9.11. The van der Waals surface area contributed by atoms with Gasteiger partial charge < -0.3 is 0 Å². The van der Waals surface area contributed by atoms with Gasteiger partial charge in [0.1, 0.15) is 0 Å². The Morgan fingerprint density at radius 1 is 0.756 bits per heavy atom. The first-order valence-electron chi connectivity index (χ1n) is 15.8. The first-order valence-corrected chi connectivity index (χ1v) is 16.7. The molecule has 3 atom stereocenters. The predicted octanol–water partition coefficient (Wildman–Crippen LogP) is 11.6. The molecule has 2 aliphatic rings. The Morgan fingerprint density at radius 2 is 1.40 bits per heavy atom. The number of hydrogen-bond acceptors (Lipinski definition) is 2. The molecule has 0 amide bonds. The van der Waals surface area contributed by atoms with E-state index in [4.69, 9.17) is 0 Å². The highest BCUT2D eigenvalue weighted by Gasteiger charge is 2.41. The van der Waals surface area contributed by atoms with Gasteiger partial charge in [-0.2, -0.15) is 0 Å². The van der Waals surface area contributed by atoms with E-state index in [0.717, 1.165) is 24.1 Å². The highest BCUT2D eigenvalue weighted by Crippen LogP contribution is 2.59. The van der Waals surface area contributed by atoms with Crippen LogP contribution >= 0.6 is 11.8 Å². The third kappa shape index (κ3) is 5.91. The fraction of sp³-hybridized carbons (Fsp3) is 0.140. The van der Waals surface area contributed by atoms with E-state index in [2.05, 4.69) is 164 Å². The molecule has 0 saturated heterocycles. The van der Waals surface area contributed by atoms with Crippen LogP contribution in [0.2, 0.25) is 0 Å². The van der Waals surface area contributed by atoms with Crippen molar-refractivity contribution in [3.05, 3.63) is 180 Å². The zero-order valence-electron chi connectivity index (χ0n) is 25.6. The molecule has 1 aliphatic carbocycles. The molecule has 6 aromatic carbocycles. The quantitative estimate of drug-likeness (QED) is 0.109. The maximum absolute atomic E-state index is 4.43. The van der Waals surface area contributed by atoms with Crippen LogP contribution in [-0.2, 0) is 6.42 Å². The van der Waals surface area contributed by atoms with Gasteiger partial charge >= 0.3 is 0 Å². The minimum absolute atomic E-state index is 0.420. The molecule has 0 aromatic heterocycles. The van der Waals surface area contributed by atoms with Crippen molar-refractivity contribution in [3.63, 3.8) is 0 Å². The van der Waals surface area contributed by atoms with Crippen molar-refractivity contribution in [2.45, 2.75) is 41.7 Å². The Kier molecular flexibility index (Phi) is 8.49. The molecular weight excluding hydrogens is 563 g/mol. The molecule has 0 spiro atoms. The Balaban J connectivity index is 0.000000412. The highest BCUT2D eigenvalue weighted by atomic mass is 32.2. The number of allylic oxidation sites excluding steroid dienone is 2. The first-order chi connectivity index (χ1) is 22.2. The molecule has 0 radical (unpaired) electrons. The van der Waals surface area contributed by atoms with Crippen LogP contribution in [0.3, 0.4) is 0 Å². The van der Waals surface area contributed by atoms with E-state index in [-0.39, 0.29) is 0 Å². The summed E-state index contributed by atoms with van der Waals surface area (Å²) in [4.78, 5) is 5.90. The van der Waals surface area contributed by atoms with Crippen LogP contribution in [0.25, 0.3) is 27.2 Å². The smallest absolute Gasteiger partial charge is 0.0658 e. The number of rotatable bonds is 5. The fourth-order valence-electron chi connectivity index (χ4n) is 6.97. The average Bonchev–Trinajstić information content (AvgIpc) is 3.51. The Morgan fingerprint density at radius 3 is 2.09 bits per heavy atom. The van der Waals surface area contributed by atoms with Crippen molar-refractivity contribution in [1.82, 2.24) is 0 Å².